The quantitative estimate of drug-likeness (QED) is 0.404. The average Bonchev–Trinajstić information content (AvgIpc) is 2.65. The molecule has 6 nitrogen and oxygen atoms in total. The van der Waals surface area contributed by atoms with E-state index < -0.39 is 63.1 Å². The van der Waals surface area contributed by atoms with Crippen molar-refractivity contribution in [1.29, 1.82) is 5.26 Å². The van der Waals surface area contributed by atoms with Crippen LogP contribution in [0.1, 0.15) is 5.56 Å². The molecule has 0 spiro atoms. The maximum absolute atomic E-state index is 14.6. The zero-order valence-corrected chi connectivity index (χ0v) is 14.0. The van der Waals surface area contributed by atoms with Crippen LogP contribution in [0.2, 0.25) is 0 Å². The minimum atomic E-state index is -7.49. The summed E-state index contributed by atoms with van der Waals surface area (Å²) in [5.41, 5.74) is -10.2. The molecule has 1 fully saturated rings. The summed E-state index contributed by atoms with van der Waals surface area (Å²) in [5.74, 6) is -40.9. The Morgan fingerprint density at radius 3 is 1.68 bits per heavy atom. The van der Waals surface area contributed by atoms with Gasteiger partial charge >= 0.3 is 35.3 Å². The number of rotatable bonds is 3. The average molecular weight is 471 g/mol. The maximum Gasteiger partial charge on any atom is 0.384 e. The molecular weight excluding hydrogens is 467 g/mol. The molecule has 31 heavy (non-hydrogen) atoms. The van der Waals surface area contributed by atoms with Crippen LogP contribution in [0.5, 0.6) is 0 Å². The van der Waals surface area contributed by atoms with Gasteiger partial charge in [-0.25, -0.2) is 4.39 Å². The summed E-state index contributed by atoms with van der Waals surface area (Å²) in [7, 11) is 0. The Balaban J connectivity index is 2.69. The molecule has 0 bridgehead atoms. The van der Waals surface area contributed by atoms with Gasteiger partial charge in [0.05, 0.1) is 16.2 Å². The zero-order valence-electron chi connectivity index (χ0n) is 14.0. The Morgan fingerprint density at radius 1 is 0.871 bits per heavy atom. The second-order valence-corrected chi connectivity index (χ2v) is 6.08. The summed E-state index contributed by atoms with van der Waals surface area (Å²) in [6.45, 7) is 0. The van der Waals surface area contributed by atoms with Crippen LogP contribution in [0.4, 0.5) is 59.7 Å². The lowest BCUT2D eigenvalue weighted by molar-refractivity contribution is -0.475. The monoisotopic (exact) mass is 471 g/mol. The fourth-order valence-corrected chi connectivity index (χ4v) is 2.56. The Kier molecular flexibility index (Phi) is 4.97. The molecule has 0 radical (unpaired) electrons. The standard InChI is InChI=1S/C14H4F11N3O3/c15-9(8(29)27-7-2-1-6(28(30)31)3-5(7)4-26)10(16,17)12(20,21)14(24,25)13(22,23)11(9,18)19/h1-3H,(H,27,29). The zero-order chi connectivity index (χ0) is 24.4. The highest BCUT2D eigenvalue weighted by atomic mass is 19.4. The number of nitro groups is 1. The fraction of sp³-hybridized carbons (Fsp3) is 0.429. The first-order chi connectivity index (χ1) is 13.8. The number of hydrogen-bond donors (Lipinski definition) is 1. The van der Waals surface area contributed by atoms with Gasteiger partial charge in [0.25, 0.3) is 11.6 Å². The number of amides is 1. The first-order valence-electron chi connectivity index (χ1n) is 7.33. The van der Waals surface area contributed by atoms with Crippen molar-refractivity contribution in [1.82, 2.24) is 0 Å². The van der Waals surface area contributed by atoms with Gasteiger partial charge in [0.2, 0.25) is 0 Å². The van der Waals surface area contributed by atoms with E-state index in [1.54, 1.807) is 0 Å². The molecule has 1 saturated carbocycles. The Morgan fingerprint density at radius 2 is 1.29 bits per heavy atom. The van der Waals surface area contributed by atoms with Gasteiger partial charge in [0, 0.05) is 12.1 Å². The number of benzene rings is 1. The third-order valence-corrected chi connectivity index (χ3v) is 4.34. The number of anilines is 1. The molecule has 1 aliphatic rings. The number of non-ortho nitro benzene ring substituents is 1. The molecular formula is C14H4F11N3O3. The SMILES string of the molecule is N#Cc1cc([N+](=O)[O-])ccc1NC(=O)C1(F)C(F)(F)C(F)(F)C(F)(F)C(F)(F)C1(F)F. The van der Waals surface area contributed by atoms with Crippen molar-refractivity contribution in [2.24, 2.45) is 0 Å². The number of nitrogens with one attached hydrogen (secondary N) is 1. The van der Waals surface area contributed by atoms with Crippen LogP contribution in [0.3, 0.4) is 0 Å². The van der Waals surface area contributed by atoms with E-state index in [9.17, 15) is 63.2 Å². The molecule has 1 aliphatic carbocycles. The molecule has 0 saturated heterocycles. The summed E-state index contributed by atoms with van der Waals surface area (Å²) < 4.78 is 150. The molecule has 0 aliphatic heterocycles. The number of nitriles is 1. The minimum Gasteiger partial charge on any atom is -0.322 e. The Hall–Kier alpha value is -3.19. The van der Waals surface area contributed by atoms with E-state index >= 15 is 0 Å². The van der Waals surface area contributed by atoms with Crippen molar-refractivity contribution in [2.75, 3.05) is 5.32 Å². The number of carbonyl (C=O) groups excluding carboxylic acids is 1. The normalized spacial score (nSPS) is 23.9. The first kappa shape index (κ1) is 24.1. The van der Waals surface area contributed by atoms with E-state index in [-0.39, 0.29) is 12.1 Å². The van der Waals surface area contributed by atoms with Crippen molar-refractivity contribution in [3.63, 3.8) is 0 Å². The van der Waals surface area contributed by atoms with Crippen molar-refractivity contribution in [3.05, 3.63) is 33.9 Å². The number of nitrogens with zero attached hydrogens (tertiary/aromatic N) is 2. The number of alkyl halides is 11. The third kappa shape index (κ3) is 2.59. The molecule has 17 heteroatoms. The Labute approximate surface area is 162 Å². The van der Waals surface area contributed by atoms with Crippen LogP contribution >= 0.6 is 0 Å². The maximum atomic E-state index is 14.6. The number of hydrogen-bond acceptors (Lipinski definition) is 4. The van der Waals surface area contributed by atoms with E-state index in [4.69, 9.17) is 5.26 Å². The molecule has 1 aromatic rings. The second kappa shape index (κ2) is 6.40. The molecule has 170 valence electrons. The topological polar surface area (TPSA) is 96.0 Å². The highest BCUT2D eigenvalue weighted by molar-refractivity contribution is 6.00. The van der Waals surface area contributed by atoms with Gasteiger partial charge in [-0.3, -0.25) is 14.9 Å². The smallest absolute Gasteiger partial charge is 0.322 e. The van der Waals surface area contributed by atoms with Gasteiger partial charge in [0.1, 0.15) is 6.07 Å². The number of nitro benzene ring substituents is 1. The lowest BCUT2D eigenvalue weighted by atomic mass is 9.71. The molecule has 1 N–H and O–H groups in total. The van der Waals surface area contributed by atoms with E-state index in [1.165, 1.54) is 0 Å². The lowest BCUT2D eigenvalue weighted by Crippen LogP contribution is -2.86. The highest BCUT2D eigenvalue weighted by Crippen LogP contribution is 2.69. The van der Waals surface area contributed by atoms with Crippen molar-refractivity contribution < 1.29 is 58.0 Å². The van der Waals surface area contributed by atoms with Gasteiger partial charge in [-0.2, -0.15) is 49.2 Å². The van der Waals surface area contributed by atoms with Crippen LogP contribution in [-0.4, -0.2) is 46.1 Å². The fourth-order valence-electron chi connectivity index (χ4n) is 2.56. The number of carbonyl (C=O) groups is 1. The van der Waals surface area contributed by atoms with Crippen LogP contribution in [-0.2, 0) is 4.79 Å². The molecule has 0 unspecified atom stereocenters. The van der Waals surface area contributed by atoms with Crippen LogP contribution in [0, 0.1) is 21.4 Å². The summed E-state index contributed by atoms with van der Waals surface area (Å²) in [6, 6.07) is 2.02. The van der Waals surface area contributed by atoms with Crippen molar-refractivity contribution in [3.8, 4) is 6.07 Å². The van der Waals surface area contributed by atoms with Gasteiger partial charge in [-0.05, 0) is 6.07 Å². The first-order valence-corrected chi connectivity index (χ1v) is 7.33. The van der Waals surface area contributed by atoms with Crippen LogP contribution < -0.4 is 5.32 Å². The summed E-state index contributed by atoms with van der Waals surface area (Å²) in [4.78, 5) is 21.2. The highest BCUT2D eigenvalue weighted by Gasteiger charge is 3.02. The van der Waals surface area contributed by atoms with Gasteiger partial charge in [-0.15, -0.1) is 0 Å². The van der Waals surface area contributed by atoms with E-state index in [2.05, 4.69) is 0 Å². The summed E-state index contributed by atoms with van der Waals surface area (Å²) in [5, 5.41) is 20.1. The summed E-state index contributed by atoms with van der Waals surface area (Å²) >= 11 is 0. The van der Waals surface area contributed by atoms with Gasteiger partial charge in [-0.1, -0.05) is 0 Å². The number of halogens is 11. The van der Waals surface area contributed by atoms with Gasteiger partial charge in [0.15, 0.2) is 0 Å². The van der Waals surface area contributed by atoms with Crippen molar-refractivity contribution >= 4 is 17.3 Å². The van der Waals surface area contributed by atoms with Crippen LogP contribution in [0.25, 0.3) is 0 Å². The van der Waals surface area contributed by atoms with E-state index in [0.29, 0.717) is 6.07 Å². The molecule has 0 aromatic heterocycles. The van der Waals surface area contributed by atoms with E-state index in [1.807, 2.05) is 0 Å². The van der Waals surface area contributed by atoms with Gasteiger partial charge < -0.3 is 5.32 Å². The van der Waals surface area contributed by atoms with Crippen LogP contribution in [0.15, 0.2) is 18.2 Å². The second-order valence-electron chi connectivity index (χ2n) is 6.08. The molecule has 1 amide bonds. The predicted octanol–water partition coefficient (Wildman–Crippen LogP) is 4.30. The lowest BCUT2D eigenvalue weighted by Gasteiger charge is -2.51. The third-order valence-electron chi connectivity index (χ3n) is 4.34. The molecule has 1 aromatic carbocycles. The summed E-state index contributed by atoms with van der Waals surface area (Å²) in [6.07, 6.45) is 0. The largest absolute Gasteiger partial charge is 0.384 e. The Bertz CT molecular complexity index is 973. The minimum absolute atomic E-state index is 0.266. The van der Waals surface area contributed by atoms with E-state index in [0.717, 1.165) is 11.4 Å². The molecule has 0 atom stereocenters. The molecule has 0 heterocycles. The van der Waals surface area contributed by atoms with Crippen molar-refractivity contribution in [2.45, 2.75) is 35.3 Å². The predicted molar refractivity (Wildman–Crippen MR) is 75.0 cm³/mol. The molecule has 2 rings (SSSR count).